The van der Waals surface area contributed by atoms with Gasteiger partial charge in [-0.2, -0.15) is 9.65 Å². The lowest BCUT2D eigenvalue weighted by Gasteiger charge is -2.14. The Morgan fingerprint density at radius 2 is 2.15 bits per heavy atom. The lowest BCUT2D eigenvalue weighted by atomic mass is 10.0. The van der Waals surface area contributed by atoms with Gasteiger partial charge in [-0.1, -0.05) is 26.0 Å². The van der Waals surface area contributed by atoms with E-state index in [0.29, 0.717) is 18.4 Å². The summed E-state index contributed by atoms with van der Waals surface area (Å²) in [6, 6.07) is 7.58. The highest BCUT2D eigenvalue weighted by atomic mass is 19.1. The maximum atomic E-state index is 13.9. The van der Waals surface area contributed by atoms with Gasteiger partial charge in [0.25, 0.3) is 0 Å². The minimum absolute atomic E-state index is 0.0887. The topological polar surface area (TPSA) is 76.4 Å². The third-order valence-corrected chi connectivity index (χ3v) is 5.56. The van der Waals surface area contributed by atoms with Gasteiger partial charge in [0.05, 0.1) is 24.2 Å². The first kappa shape index (κ1) is 19.1. The molecule has 0 aliphatic heterocycles. The van der Waals surface area contributed by atoms with Gasteiger partial charge in [-0.05, 0) is 54.4 Å². The normalized spacial score (nSPS) is 25.3. The largest absolute Gasteiger partial charge is 0.461 e. The summed E-state index contributed by atoms with van der Waals surface area (Å²) in [5, 5.41) is 9.20. The van der Waals surface area contributed by atoms with Crippen molar-refractivity contribution in [2.24, 2.45) is 17.3 Å². The maximum absolute atomic E-state index is 13.9. The molecule has 0 aromatic heterocycles. The monoisotopic (exact) mass is 371 g/mol. The predicted molar refractivity (Wildman–Crippen MR) is 94.9 cm³/mol. The van der Waals surface area contributed by atoms with Crippen molar-refractivity contribution in [3.8, 4) is 6.07 Å². The van der Waals surface area contributed by atoms with Crippen LogP contribution in [0.2, 0.25) is 0 Å². The second-order valence-electron chi connectivity index (χ2n) is 7.51. The number of halogens is 1. The van der Waals surface area contributed by atoms with E-state index in [1.807, 2.05) is 19.9 Å². The van der Waals surface area contributed by atoms with Crippen LogP contribution < -0.4 is 0 Å². The van der Waals surface area contributed by atoms with Gasteiger partial charge in [0.2, 0.25) is 5.83 Å². The van der Waals surface area contributed by atoms with Crippen LogP contribution in [0.15, 0.2) is 30.1 Å². The van der Waals surface area contributed by atoms with E-state index in [2.05, 4.69) is 10.8 Å². The van der Waals surface area contributed by atoms with Gasteiger partial charge in [0.1, 0.15) is 6.10 Å². The van der Waals surface area contributed by atoms with Gasteiger partial charge in [-0.25, -0.2) is 4.79 Å². The van der Waals surface area contributed by atoms with Crippen LogP contribution >= 0.6 is 0 Å². The van der Waals surface area contributed by atoms with Gasteiger partial charge in [-0.3, -0.25) is 4.79 Å². The molecule has 0 heterocycles. The average molecular weight is 371 g/mol. The third kappa shape index (κ3) is 3.46. The van der Waals surface area contributed by atoms with Gasteiger partial charge < -0.3 is 9.47 Å². The Kier molecular flexibility index (Phi) is 5.05. The molecule has 0 bridgehead atoms. The molecule has 5 nitrogen and oxygen atoms in total. The van der Waals surface area contributed by atoms with E-state index < -0.39 is 41.1 Å². The Bertz CT molecular complexity index is 852. The summed E-state index contributed by atoms with van der Waals surface area (Å²) in [6.07, 6.45) is 2.09. The van der Waals surface area contributed by atoms with Crippen molar-refractivity contribution in [2.75, 3.05) is 6.61 Å². The average Bonchev–Trinajstić information content (AvgIpc) is 2.97. The number of esters is 2. The summed E-state index contributed by atoms with van der Waals surface area (Å²) < 4.78 is 24.3. The molecule has 1 unspecified atom stereocenters. The lowest BCUT2D eigenvalue weighted by molar-refractivity contribution is -0.152. The maximum Gasteiger partial charge on any atom is 0.366 e. The number of carbonyl (C=O) groups excluding carboxylic acids is 2. The fourth-order valence-electron chi connectivity index (χ4n) is 3.92. The molecule has 0 amide bonds. The number of carbonyl (C=O) groups is 2. The van der Waals surface area contributed by atoms with Crippen LogP contribution in [0.25, 0.3) is 0 Å². The molecular formula is C21H22FNO4. The van der Waals surface area contributed by atoms with Crippen molar-refractivity contribution in [1.29, 1.82) is 5.26 Å². The zero-order chi connectivity index (χ0) is 19.8. The summed E-state index contributed by atoms with van der Waals surface area (Å²) in [7, 11) is 0. The van der Waals surface area contributed by atoms with Crippen molar-refractivity contribution in [3.05, 3.63) is 46.8 Å². The number of hydrogen-bond acceptors (Lipinski definition) is 5. The van der Waals surface area contributed by atoms with Crippen molar-refractivity contribution in [2.45, 2.75) is 39.7 Å². The van der Waals surface area contributed by atoms with Crippen LogP contribution in [0.4, 0.5) is 4.39 Å². The van der Waals surface area contributed by atoms with Gasteiger partial charge in [0, 0.05) is 0 Å². The van der Waals surface area contributed by atoms with Crippen molar-refractivity contribution in [3.63, 3.8) is 0 Å². The Morgan fingerprint density at radius 1 is 1.41 bits per heavy atom. The Balaban J connectivity index is 1.71. The number of fused-ring (bicyclic) bond motifs is 1. The molecule has 1 aromatic carbocycles. The van der Waals surface area contributed by atoms with Crippen LogP contribution in [-0.4, -0.2) is 18.5 Å². The smallest absolute Gasteiger partial charge is 0.366 e. The highest BCUT2D eigenvalue weighted by Gasteiger charge is 2.62. The molecular weight excluding hydrogens is 349 g/mol. The molecule has 27 heavy (non-hydrogen) atoms. The molecule has 1 fully saturated rings. The fraction of sp³-hybridized carbons (Fsp3) is 0.476. The summed E-state index contributed by atoms with van der Waals surface area (Å²) in [5.41, 5.74) is 1.91. The number of hydrogen-bond donors (Lipinski definition) is 0. The number of allylic oxidation sites excluding steroid dienone is 1. The predicted octanol–water partition coefficient (Wildman–Crippen LogP) is 3.78. The van der Waals surface area contributed by atoms with E-state index in [-0.39, 0.29) is 6.61 Å². The van der Waals surface area contributed by atoms with Gasteiger partial charge in [0.15, 0.2) is 0 Å². The number of rotatable bonds is 5. The minimum Gasteiger partial charge on any atom is -0.461 e. The first-order chi connectivity index (χ1) is 12.8. The van der Waals surface area contributed by atoms with Crippen LogP contribution in [0, 0.1) is 28.6 Å². The summed E-state index contributed by atoms with van der Waals surface area (Å²) in [4.78, 5) is 24.1. The molecule has 0 radical (unpaired) electrons. The van der Waals surface area contributed by atoms with Crippen LogP contribution in [-0.2, 0) is 25.5 Å². The lowest BCUT2D eigenvalue weighted by Crippen LogP contribution is -2.14. The van der Waals surface area contributed by atoms with Crippen molar-refractivity contribution < 1.29 is 23.5 Å². The zero-order valence-electron chi connectivity index (χ0n) is 15.6. The second-order valence-corrected chi connectivity index (χ2v) is 7.51. The molecule has 1 saturated carbocycles. The first-order valence-corrected chi connectivity index (χ1v) is 9.08. The Labute approximate surface area is 157 Å². The molecule has 0 saturated heterocycles. The Morgan fingerprint density at radius 3 is 2.81 bits per heavy atom. The SMILES string of the molecule is CCOC(=O)C(F)=C[C@@H]1[C@H](C(=O)OC2CCc3c(C#N)cccc32)C1(C)C. The standard InChI is InChI=1S/C21H22FNO4/c1-4-26-19(24)16(22)10-15-18(21(15,2)3)20(25)27-17-9-8-13-12(11-23)6-5-7-14(13)17/h5-7,10,15,17-18H,4,8-9H2,1-3H3/t15-,17?,18-/m1/s1. The van der Waals surface area contributed by atoms with Crippen molar-refractivity contribution >= 4 is 11.9 Å². The van der Waals surface area contributed by atoms with E-state index in [0.717, 1.165) is 11.1 Å². The zero-order valence-corrected chi connectivity index (χ0v) is 15.6. The quantitative estimate of drug-likeness (QED) is 0.582. The molecule has 1 aromatic rings. The number of ether oxygens (including phenoxy) is 2. The minimum atomic E-state index is -1.01. The molecule has 0 N–H and O–H groups in total. The Hall–Kier alpha value is -2.68. The molecule has 2 aliphatic carbocycles. The van der Waals surface area contributed by atoms with E-state index in [1.54, 1.807) is 19.1 Å². The van der Waals surface area contributed by atoms with Crippen molar-refractivity contribution in [1.82, 2.24) is 0 Å². The third-order valence-electron chi connectivity index (χ3n) is 5.56. The second kappa shape index (κ2) is 7.15. The number of nitriles is 1. The van der Waals surface area contributed by atoms with Gasteiger partial charge >= 0.3 is 11.9 Å². The van der Waals surface area contributed by atoms with E-state index in [1.165, 1.54) is 6.08 Å². The summed E-state index contributed by atoms with van der Waals surface area (Å²) >= 11 is 0. The summed E-state index contributed by atoms with van der Waals surface area (Å²) in [5.74, 6) is -3.32. The molecule has 6 heteroatoms. The first-order valence-electron chi connectivity index (χ1n) is 9.08. The molecule has 2 aliphatic rings. The van der Waals surface area contributed by atoms with Crippen LogP contribution in [0.5, 0.6) is 0 Å². The molecule has 3 rings (SSSR count). The highest BCUT2D eigenvalue weighted by Crippen LogP contribution is 2.60. The summed E-state index contributed by atoms with van der Waals surface area (Å²) in [6.45, 7) is 5.37. The molecule has 142 valence electrons. The van der Waals surface area contributed by atoms with Crippen LogP contribution in [0.3, 0.4) is 0 Å². The fourth-order valence-corrected chi connectivity index (χ4v) is 3.92. The van der Waals surface area contributed by atoms with Crippen LogP contribution in [0.1, 0.15) is 50.0 Å². The van der Waals surface area contributed by atoms with E-state index in [9.17, 15) is 19.2 Å². The number of nitrogens with zero attached hydrogens (tertiary/aromatic N) is 1. The van der Waals surface area contributed by atoms with E-state index in [4.69, 9.17) is 4.74 Å². The highest BCUT2D eigenvalue weighted by molar-refractivity contribution is 5.87. The van der Waals surface area contributed by atoms with Gasteiger partial charge in [-0.15, -0.1) is 0 Å². The number of benzene rings is 1. The molecule has 0 spiro atoms. The van der Waals surface area contributed by atoms with E-state index >= 15 is 0 Å². The molecule has 3 atom stereocenters.